The van der Waals surface area contributed by atoms with Crippen molar-refractivity contribution in [2.24, 2.45) is 0 Å². The number of rotatable bonds is 4. The normalized spacial score (nSPS) is 18.2. The smallest absolute Gasteiger partial charge is 0.338 e. The van der Waals surface area contributed by atoms with E-state index in [1.165, 1.54) is 18.0 Å². The number of anilines is 1. The monoisotopic (exact) mass is 443 g/mol. The summed E-state index contributed by atoms with van der Waals surface area (Å²) in [7, 11) is 0. The first-order chi connectivity index (χ1) is 14.9. The van der Waals surface area contributed by atoms with Crippen LogP contribution in [-0.2, 0) is 14.3 Å². The van der Waals surface area contributed by atoms with E-state index in [1.54, 1.807) is 40.1 Å². The highest BCUT2D eigenvalue weighted by atomic mass is 32.2. The Balaban J connectivity index is 1.27. The number of hydrogen-bond donors (Lipinski definition) is 1. The highest BCUT2D eigenvalue weighted by Gasteiger charge is 2.27. The summed E-state index contributed by atoms with van der Waals surface area (Å²) in [6.07, 6.45) is 1.44. The zero-order valence-electron chi connectivity index (χ0n) is 16.8. The molecule has 31 heavy (non-hydrogen) atoms. The lowest BCUT2D eigenvalue weighted by Gasteiger charge is -2.34. The average molecular weight is 443 g/mol. The van der Waals surface area contributed by atoms with Crippen molar-refractivity contribution in [2.45, 2.75) is 17.1 Å². The molecule has 0 bridgehead atoms. The first-order valence-corrected chi connectivity index (χ1v) is 10.7. The Bertz CT molecular complexity index is 1010. The Morgan fingerprint density at radius 2 is 1.90 bits per heavy atom. The molecule has 3 heterocycles. The number of hydrogen-bond acceptors (Lipinski definition) is 7. The number of carbonyl (C=O) groups is 4. The van der Waals surface area contributed by atoms with E-state index in [0.717, 1.165) is 4.90 Å². The molecule has 1 atom stereocenters. The van der Waals surface area contributed by atoms with Crippen molar-refractivity contribution in [3.05, 3.63) is 47.9 Å². The van der Waals surface area contributed by atoms with Gasteiger partial charge in [0.1, 0.15) is 0 Å². The summed E-state index contributed by atoms with van der Waals surface area (Å²) in [5.74, 6) is -1.03. The van der Waals surface area contributed by atoms with Gasteiger partial charge in [-0.1, -0.05) is 0 Å². The van der Waals surface area contributed by atoms with E-state index in [-0.39, 0.29) is 40.9 Å². The maximum Gasteiger partial charge on any atom is 0.338 e. The molecule has 2 aromatic rings. The molecule has 2 aliphatic rings. The highest BCUT2D eigenvalue weighted by Crippen LogP contribution is 2.36. The molecule has 1 saturated heterocycles. The Labute approximate surface area is 182 Å². The second-order valence-electron chi connectivity index (χ2n) is 7.19. The van der Waals surface area contributed by atoms with Crippen molar-refractivity contribution in [2.75, 3.05) is 38.1 Å². The van der Waals surface area contributed by atoms with Gasteiger partial charge in [0.15, 0.2) is 12.4 Å². The van der Waals surface area contributed by atoms with Crippen LogP contribution in [0.25, 0.3) is 0 Å². The summed E-state index contributed by atoms with van der Waals surface area (Å²) in [6, 6.07) is 8.17. The molecule has 10 heteroatoms. The summed E-state index contributed by atoms with van der Waals surface area (Å²) in [5, 5.41) is 2.57. The Morgan fingerprint density at radius 1 is 1.16 bits per heavy atom. The lowest BCUT2D eigenvalue weighted by molar-refractivity contribution is -0.136. The van der Waals surface area contributed by atoms with E-state index in [9.17, 15) is 19.2 Å². The Kier molecular flexibility index (Phi) is 5.99. The fourth-order valence-electron chi connectivity index (χ4n) is 3.35. The van der Waals surface area contributed by atoms with Gasteiger partial charge in [-0.3, -0.25) is 14.4 Å². The number of thioether (sulfide) groups is 1. The molecular formula is C21H21N3O6S. The van der Waals surface area contributed by atoms with Gasteiger partial charge in [0.05, 0.1) is 22.8 Å². The van der Waals surface area contributed by atoms with Crippen molar-refractivity contribution in [3.8, 4) is 0 Å². The number of esters is 1. The van der Waals surface area contributed by atoms with Crippen LogP contribution in [0.15, 0.2) is 45.9 Å². The molecule has 3 amide bonds. The number of ether oxygens (including phenoxy) is 1. The fraction of sp³-hybridized carbons (Fsp3) is 0.333. The number of fused-ring (bicyclic) bond motifs is 1. The van der Waals surface area contributed by atoms with Crippen LogP contribution in [0.5, 0.6) is 0 Å². The van der Waals surface area contributed by atoms with Gasteiger partial charge in [-0.05, 0) is 37.3 Å². The number of amides is 3. The van der Waals surface area contributed by atoms with E-state index >= 15 is 0 Å². The zero-order valence-corrected chi connectivity index (χ0v) is 17.6. The minimum Gasteiger partial charge on any atom is -0.459 e. The van der Waals surface area contributed by atoms with Crippen LogP contribution >= 0.6 is 11.8 Å². The molecule has 1 N–H and O–H groups in total. The lowest BCUT2D eigenvalue weighted by Crippen LogP contribution is -2.51. The van der Waals surface area contributed by atoms with Crippen molar-refractivity contribution < 1.29 is 28.3 Å². The third-order valence-electron chi connectivity index (χ3n) is 5.12. The van der Waals surface area contributed by atoms with Crippen molar-refractivity contribution >= 4 is 41.1 Å². The molecule has 1 aromatic carbocycles. The van der Waals surface area contributed by atoms with Crippen LogP contribution in [-0.4, -0.2) is 71.5 Å². The molecule has 162 valence electrons. The molecule has 9 nitrogen and oxygen atoms in total. The van der Waals surface area contributed by atoms with Crippen LogP contribution in [0.1, 0.15) is 27.8 Å². The summed E-state index contributed by atoms with van der Waals surface area (Å²) >= 11 is 1.42. The zero-order chi connectivity index (χ0) is 22.0. The summed E-state index contributed by atoms with van der Waals surface area (Å²) < 4.78 is 10.3. The molecular weight excluding hydrogens is 422 g/mol. The lowest BCUT2D eigenvalue weighted by atomic mass is 10.2. The van der Waals surface area contributed by atoms with Crippen molar-refractivity contribution in [1.82, 2.24) is 9.80 Å². The van der Waals surface area contributed by atoms with E-state index in [4.69, 9.17) is 9.15 Å². The second-order valence-corrected chi connectivity index (χ2v) is 8.57. The maximum absolute atomic E-state index is 12.4. The van der Waals surface area contributed by atoms with Gasteiger partial charge in [-0.2, -0.15) is 0 Å². The van der Waals surface area contributed by atoms with Crippen LogP contribution in [0.2, 0.25) is 0 Å². The Hall–Kier alpha value is -3.27. The van der Waals surface area contributed by atoms with Crippen LogP contribution in [0.4, 0.5) is 5.69 Å². The molecule has 0 saturated carbocycles. The van der Waals surface area contributed by atoms with Gasteiger partial charge in [0.2, 0.25) is 5.91 Å². The van der Waals surface area contributed by atoms with Gasteiger partial charge < -0.3 is 24.3 Å². The molecule has 0 aliphatic carbocycles. The summed E-state index contributed by atoms with van der Waals surface area (Å²) in [5.41, 5.74) is 0.821. The third-order valence-corrected chi connectivity index (χ3v) is 6.30. The van der Waals surface area contributed by atoms with Gasteiger partial charge >= 0.3 is 5.97 Å². The topological polar surface area (TPSA) is 109 Å². The quantitative estimate of drug-likeness (QED) is 0.719. The second kappa shape index (κ2) is 8.84. The predicted octanol–water partition coefficient (Wildman–Crippen LogP) is 1.85. The first kappa shape index (κ1) is 21.0. The molecule has 2 aliphatic heterocycles. The van der Waals surface area contributed by atoms with Crippen molar-refractivity contribution in [1.29, 1.82) is 0 Å². The van der Waals surface area contributed by atoms with Crippen LogP contribution in [0.3, 0.4) is 0 Å². The van der Waals surface area contributed by atoms with Gasteiger partial charge in [-0.15, -0.1) is 11.8 Å². The standard InChI is InChI=1S/C21H21N3O6S/c1-13-19(26)22-15-11-14(4-5-17(15)31-13)21(28)30-12-18(25)23-6-8-24(9-7-23)20(27)16-3-2-10-29-16/h2-5,10-11,13H,6-9,12H2,1H3,(H,22,26)/t13-/m1/s1. The highest BCUT2D eigenvalue weighted by molar-refractivity contribution is 8.00. The number of nitrogens with zero attached hydrogens (tertiary/aromatic N) is 2. The number of piperazine rings is 1. The molecule has 0 radical (unpaired) electrons. The van der Waals surface area contributed by atoms with Gasteiger partial charge in [-0.25, -0.2) is 4.79 Å². The van der Waals surface area contributed by atoms with E-state index in [2.05, 4.69) is 5.32 Å². The fourth-order valence-corrected chi connectivity index (χ4v) is 4.28. The Morgan fingerprint density at radius 3 is 2.61 bits per heavy atom. The predicted molar refractivity (Wildman–Crippen MR) is 112 cm³/mol. The number of carbonyl (C=O) groups excluding carboxylic acids is 4. The molecule has 4 rings (SSSR count). The van der Waals surface area contributed by atoms with Gasteiger partial charge in [0.25, 0.3) is 11.8 Å². The number of nitrogens with one attached hydrogen (secondary N) is 1. The summed E-state index contributed by atoms with van der Waals surface area (Å²) in [4.78, 5) is 52.9. The molecule has 0 unspecified atom stereocenters. The average Bonchev–Trinajstić information content (AvgIpc) is 3.32. The summed E-state index contributed by atoms with van der Waals surface area (Å²) in [6.45, 7) is 2.87. The molecule has 1 aromatic heterocycles. The van der Waals surface area contributed by atoms with E-state index < -0.39 is 5.97 Å². The molecule has 1 fully saturated rings. The molecule has 0 spiro atoms. The largest absolute Gasteiger partial charge is 0.459 e. The SMILES string of the molecule is C[C@H]1Sc2ccc(C(=O)OCC(=O)N3CCN(C(=O)c4ccco4)CC3)cc2NC1=O. The third kappa shape index (κ3) is 4.58. The number of furan rings is 1. The van der Waals surface area contributed by atoms with E-state index in [1.807, 2.05) is 6.92 Å². The van der Waals surface area contributed by atoms with E-state index in [0.29, 0.717) is 31.9 Å². The van der Waals surface area contributed by atoms with Crippen LogP contribution in [0, 0.1) is 0 Å². The maximum atomic E-state index is 12.4. The van der Waals surface area contributed by atoms with Crippen LogP contribution < -0.4 is 5.32 Å². The minimum atomic E-state index is -0.638. The minimum absolute atomic E-state index is 0.122. The number of benzene rings is 1. The first-order valence-electron chi connectivity index (χ1n) is 9.81. The van der Waals surface area contributed by atoms with Gasteiger partial charge in [0, 0.05) is 31.1 Å². The van der Waals surface area contributed by atoms with Crippen molar-refractivity contribution in [3.63, 3.8) is 0 Å².